The van der Waals surface area contributed by atoms with E-state index in [1.807, 2.05) is 44.1 Å². The summed E-state index contributed by atoms with van der Waals surface area (Å²) in [5.41, 5.74) is 1.80. The summed E-state index contributed by atoms with van der Waals surface area (Å²) in [6.45, 7) is 13.3. The van der Waals surface area contributed by atoms with Crippen LogP contribution in [0.25, 0.3) is 10.9 Å². The van der Waals surface area contributed by atoms with Gasteiger partial charge in [-0.15, -0.1) is 0 Å². The van der Waals surface area contributed by atoms with Crippen molar-refractivity contribution < 1.29 is 9.53 Å². The van der Waals surface area contributed by atoms with Gasteiger partial charge in [-0.1, -0.05) is 0 Å². The first-order chi connectivity index (χ1) is 11.7. The maximum Gasteiger partial charge on any atom is 0.410 e. The summed E-state index contributed by atoms with van der Waals surface area (Å²) in [6, 6.07) is 2.22. The number of carbonyl (C=O) groups is 1. The van der Waals surface area contributed by atoms with Crippen molar-refractivity contribution in [3.05, 3.63) is 24.0 Å². The number of amides is 1. The molecule has 25 heavy (non-hydrogen) atoms. The second-order valence-electron chi connectivity index (χ2n) is 8.01. The summed E-state index contributed by atoms with van der Waals surface area (Å²) < 4.78 is 5.56. The predicted octanol–water partition coefficient (Wildman–Crippen LogP) is 3.71. The lowest BCUT2D eigenvalue weighted by molar-refractivity contribution is 0.0130. The molecule has 3 rings (SSSR count). The summed E-state index contributed by atoms with van der Waals surface area (Å²) in [4.78, 5) is 24.6. The fourth-order valence-electron chi connectivity index (χ4n) is 3.43. The van der Waals surface area contributed by atoms with Crippen molar-refractivity contribution in [1.82, 2.24) is 14.9 Å². The number of rotatable bonds is 1. The van der Waals surface area contributed by atoms with Gasteiger partial charge in [-0.25, -0.2) is 9.78 Å². The monoisotopic (exact) mass is 344 g/mol. The van der Waals surface area contributed by atoms with Crippen LogP contribution in [0, 0.1) is 6.92 Å². The molecule has 6 heteroatoms. The Morgan fingerprint density at radius 1 is 1.28 bits per heavy atom. The molecule has 1 fully saturated rings. The molecule has 2 aromatic rings. The van der Waals surface area contributed by atoms with Crippen LogP contribution in [0.5, 0.6) is 0 Å². The van der Waals surface area contributed by atoms with Gasteiger partial charge in [0.2, 0.25) is 0 Å². The highest BCUT2D eigenvalue weighted by atomic mass is 16.6. The average molecular weight is 344 g/mol. The molecule has 0 saturated carbocycles. The van der Waals surface area contributed by atoms with Gasteiger partial charge in [0.15, 0.2) is 0 Å². The summed E-state index contributed by atoms with van der Waals surface area (Å²) in [5.74, 6) is 0.986. The Balaban J connectivity index is 1.85. The number of ether oxygens (including phenoxy) is 1. The van der Waals surface area contributed by atoms with E-state index >= 15 is 0 Å². The van der Waals surface area contributed by atoms with Gasteiger partial charge in [0.25, 0.3) is 0 Å². The van der Waals surface area contributed by atoms with Gasteiger partial charge in [-0.2, -0.15) is 0 Å². The number of carbonyl (C=O) groups excluding carboxylic acids is 1. The quantitative estimate of drug-likeness (QED) is 0.857. The molecule has 1 aliphatic rings. The Morgan fingerprint density at radius 2 is 2.00 bits per heavy atom. The Labute approximate surface area is 149 Å². The number of piperazine rings is 1. The van der Waals surface area contributed by atoms with E-state index < -0.39 is 5.60 Å². The van der Waals surface area contributed by atoms with Crippen molar-refractivity contribution in [2.45, 2.75) is 59.2 Å². The van der Waals surface area contributed by atoms with Crippen molar-refractivity contribution in [2.24, 2.45) is 0 Å². The molecule has 0 spiro atoms. The van der Waals surface area contributed by atoms with Gasteiger partial charge in [0, 0.05) is 43.0 Å². The lowest BCUT2D eigenvalue weighted by Gasteiger charge is -2.44. The van der Waals surface area contributed by atoms with Crippen molar-refractivity contribution in [1.29, 1.82) is 0 Å². The number of pyridine rings is 1. The molecule has 0 radical (unpaired) electrons. The van der Waals surface area contributed by atoms with Gasteiger partial charge in [-0.3, -0.25) is 0 Å². The third kappa shape index (κ3) is 3.43. The van der Waals surface area contributed by atoms with E-state index in [0.717, 1.165) is 23.3 Å². The Kier molecular flexibility index (Phi) is 4.39. The third-order valence-electron chi connectivity index (χ3n) is 4.66. The van der Waals surface area contributed by atoms with Crippen LogP contribution in [-0.2, 0) is 4.74 Å². The molecule has 2 aromatic heterocycles. The first-order valence-corrected chi connectivity index (χ1v) is 8.86. The minimum absolute atomic E-state index is 0.0577. The van der Waals surface area contributed by atoms with Crippen molar-refractivity contribution >= 4 is 22.8 Å². The highest BCUT2D eigenvalue weighted by molar-refractivity contribution is 5.93. The Morgan fingerprint density at radius 3 is 2.68 bits per heavy atom. The Bertz CT molecular complexity index is 777. The maximum atomic E-state index is 12.5. The lowest BCUT2D eigenvalue weighted by atomic mass is 10.1. The summed E-state index contributed by atoms with van der Waals surface area (Å²) in [5, 5.41) is 1.16. The molecular formula is C19H28N4O2. The molecular weight excluding hydrogens is 316 g/mol. The van der Waals surface area contributed by atoms with Crippen LogP contribution in [0.1, 0.15) is 40.2 Å². The molecule has 3 heterocycles. The minimum Gasteiger partial charge on any atom is -0.444 e. The van der Waals surface area contributed by atoms with Gasteiger partial charge >= 0.3 is 6.09 Å². The zero-order chi connectivity index (χ0) is 18.4. The number of anilines is 1. The van der Waals surface area contributed by atoms with Crippen LogP contribution in [0.15, 0.2) is 18.5 Å². The number of aryl methyl sites for hydroxylation is 1. The molecule has 0 aromatic carbocycles. The van der Waals surface area contributed by atoms with Crippen LogP contribution in [-0.4, -0.2) is 51.7 Å². The third-order valence-corrected chi connectivity index (χ3v) is 4.66. The smallest absolute Gasteiger partial charge is 0.410 e. The topological polar surface area (TPSA) is 61.5 Å². The van der Waals surface area contributed by atoms with Crippen LogP contribution < -0.4 is 4.90 Å². The van der Waals surface area contributed by atoms with E-state index in [2.05, 4.69) is 35.6 Å². The number of fused-ring (bicyclic) bond motifs is 1. The van der Waals surface area contributed by atoms with E-state index in [4.69, 9.17) is 4.74 Å². The predicted molar refractivity (Wildman–Crippen MR) is 100 cm³/mol. The number of nitrogens with one attached hydrogen (secondary N) is 1. The fraction of sp³-hybridized carbons (Fsp3) is 0.579. The number of nitrogens with zero attached hydrogens (tertiary/aromatic N) is 3. The second kappa shape index (κ2) is 6.24. The van der Waals surface area contributed by atoms with Gasteiger partial charge in [0.1, 0.15) is 11.4 Å². The highest BCUT2D eigenvalue weighted by Crippen LogP contribution is 2.31. The van der Waals surface area contributed by atoms with Crippen molar-refractivity contribution in [2.75, 3.05) is 18.0 Å². The van der Waals surface area contributed by atoms with Gasteiger partial charge in [0.05, 0.1) is 5.52 Å². The molecule has 6 nitrogen and oxygen atoms in total. The molecule has 136 valence electrons. The van der Waals surface area contributed by atoms with E-state index in [-0.39, 0.29) is 18.2 Å². The first-order valence-electron chi connectivity index (χ1n) is 8.86. The summed E-state index contributed by atoms with van der Waals surface area (Å²) in [7, 11) is 0. The number of aromatic nitrogens is 2. The second-order valence-corrected chi connectivity index (χ2v) is 8.01. The average Bonchev–Trinajstić information content (AvgIpc) is 2.89. The van der Waals surface area contributed by atoms with E-state index in [1.54, 1.807) is 0 Å². The number of hydrogen-bond acceptors (Lipinski definition) is 4. The standard InChI is InChI=1S/C19H28N4O2/c1-12-9-21-15-7-8-20-17(16(12)15)22-10-14(3)23(11-13(22)2)18(24)25-19(4,5)6/h7-9,13-14,21H,10-11H2,1-6H3. The van der Waals surface area contributed by atoms with Crippen LogP contribution in [0.3, 0.4) is 0 Å². The molecule has 2 unspecified atom stereocenters. The van der Waals surface area contributed by atoms with E-state index in [9.17, 15) is 4.79 Å². The van der Waals surface area contributed by atoms with Crippen LogP contribution >= 0.6 is 0 Å². The summed E-state index contributed by atoms with van der Waals surface area (Å²) in [6.07, 6.45) is 3.61. The molecule has 1 N–H and O–H groups in total. The molecule has 1 aliphatic heterocycles. The largest absolute Gasteiger partial charge is 0.444 e. The van der Waals surface area contributed by atoms with Gasteiger partial charge < -0.3 is 19.5 Å². The van der Waals surface area contributed by atoms with Crippen molar-refractivity contribution in [3.8, 4) is 0 Å². The number of H-pyrrole nitrogens is 1. The molecule has 0 bridgehead atoms. The first kappa shape index (κ1) is 17.6. The van der Waals surface area contributed by atoms with E-state index in [1.165, 1.54) is 5.56 Å². The zero-order valence-corrected chi connectivity index (χ0v) is 16.0. The zero-order valence-electron chi connectivity index (χ0n) is 16.0. The van der Waals surface area contributed by atoms with Crippen molar-refractivity contribution in [3.63, 3.8) is 0 Å². The SMILES string of the molecule is Cc1c[nH]c2ccnc(N3CC(C)N(C(=O)OC(C)(C)C)CC3C)c12. The summed E-state index contributed by atoms with van der Waals surface area (Å²) >= 11 is 0. The van der Waals surface area contributed by atoms with Crippen LogP contribution in [0.4, 0.5) is 10.6 Å². The fourth-order valence-corrected chi connectivity index (χ4v) is 3.43. The molecule has 2 atom stereocenters. The highest BCUT2D eigenvalue weighted by Gasteiger charge is 2.35. The molecule has 1 saturated heterocycles. The number of hydrogen-bond donors (Lipinski definition) is 1. The van der Waals surface area contributed by atoms with Gasteiger partial charge in [-0.05, 0) is 53.2 Å². The molecule has 0 aliphatic carbocycles. The maximum absolute atomic E-state index is 12.5. The lowest BCUT2D eigenvalue weighted by Crippen LogP contribution is -2.59. The molecule has 1 amide bonds. The van der Waals surface area contributed by atoms with E-state index in [0.29, 0.717) is 6.54 Å². The number of aromatic amines is 1. The normalized spacial score (nSPS) is 21.7. The minimum atomic E-state index is -0.480. The Hall–Kier alpha value is -2.24. The van der Waals surface area contributed by atoms with Crippen LogP contribution in [0.2, 0.25) is 0 Å².